The number of nitrogens with zero attached hydrogens (tertiary/aromatic N) is 2. The molecule has 0 unspecified atom stereocenters. The summed E-state index contributed by atoms with van der Waals surface area (Å²) < 4.78 is 5.84. The van der Waals surface area contributed by atoms with E-state index < -0.39 is 5.97 Å². The van der Waals surface area contributed by atoms with Crippen LogP contribution in [0.4, 0.5) is 0 Å². The average Bonchev–Trinajstić information content (AvgIpc) is 2.96. The molecule has 2 fully saturated rings. The number of furan rings is 1. The van der Waals surface area contributed by atoms with Crippen molar-refractivity contribution in [1.29, 1.82) is 0 Å². The number of carbonyl (C=O) groups is 1. The molecule has 6 nitrogen and oxygen atoms in total. The number of carboxylic acids is 1. The van der Waals surface area contributed by atoms with E-state index in [0.717, 1.165) is 23.8 Å². The van der Waals surface area contributed by atoms with Gasteiger partial charge in [-0.05, 0) is 42.9 Å². The molecule has 0 aromatic carbocycles. The molecule has 3 heterocycles. The first kappa shape index (κ1) is 13.6. The van der Waals surface area contributed by atoms with Crippen LogP contribution in [0.1, 0.15) is 18.6 Å². The first-order valence-corrected chi connectivity index (χ1v) is 7.74. The summed E-state index contributed by atoms with van der Waals surface area (Å²) in [5.41, 5.74) is 0.854. The largest absolute Gasteiger partial charge is 0.481 e. The number of rotatable bonds is 5. The van der Waals surface area contributed by atoms with Crippen molar-refractivity contribution < 1.29 is 14.3 Å². The van der Waals surface area contributed by atoms with E-state index in [9.17, 15) is 9.90 Å². The van der Waals surface area contributed by atoms with Gasteiger partial charge in [-0.2, -0.15) is 5.10 Å². The Morgan fingerprint density at radius 3 is 2.91 bits per heavy atom. The molecule has 1 aliphatic heterocycles. The molecule has 116 valence electrons. The quantitative estimate of drug-likeness (QED) is 0.885. The molecule has 0 amide bonds. The molecule has 0 radical (unpaired) electrons. The number of aromatic nitrogens is 2. The topological polar surface area (TPSA) is 82.4 Å². The number of hydrogen-bond acceptors (Lipinski definition) is 4. The van der Waals surface area contributed by atoms with Crippen molar-refractivity contribution >= 4 is 5.97 Å². The van der Waals surface area contributed by atoms with Crippen LogP contribution < -0.4 is 0 Å². The highest BCUT2D eigenvalue weighted by Crippen LogP contribution is 2.44. The van der Waals surface area contributed by atoms with E-state index in [-0.39, 0.29) is 5.92 Å². The highest BCUT2D eigenvalue weighted by Gasteiger charge is 2.45. The molecule has 0 bridgehead atoms. The molecule has 1 saturated heterocycles. The Hall–Kier alpha value is -2.08. The molecule has 6 heteroatoms. The molecular formula is C16H19N3O3. The SMILES string of the molecule is O=C(O)[C@@H]1CN(Cc2ccc(-c3ccn[nH]3)o2)C[C@H]1C1CC1. The van der Waals surface area contributed by atoms with Gasteiger partial charge in [-0.15, -0.1) is 0 Å². The summed E-state index contributed by atoms with van der Waals surface area (Å²) in [6.07, 6.45) is 4.07. The van der Waals surface area contributed by atoms with Crippen molar-refractivity contribution in [2.45, 2.75) is 19.4 Å². The summed E-state index contributed by atoms with van der Waals surface area (Å²) in [5.74, 6) is 1.67. The zero-order valence-corrected chi connectivity index (χ0v) is 12.2. The number of H-pyrrole nitrogens is 1. The van der Waals surface area contributed by atoms with Crippen LogP contribution in [0.25, 0.3) is 11.5 Å². The Balaban J connectivity index is 1.44. The van der Waals surface area contributed by atoms with Crippen molar-refractivity contribution in [2.75, 3.05) is 13.1 Å². The van der Waals surface area contributed by atoms with Gasteiger partial charge < -0.3 is 9.52 Å². The van der Waals surface area contributed by atoms with E-state index >= 15 is 0 Å². The third kappa shape index (κ3) is 2.54. The standard InChI is InChI=1S/C16H19N3O3/c20-16(21)13-9-19(8-12(13)10-1-2-10)7-11-3-4-15(22-11)14-5-6-17-18-14/h3-6,10,12-13H,1-2,7-9H2,(H,17,18)(H,20,21)/t12-,13+/m0/s1. The Morgan fingerprint density at radius 2 is 2.23 bits per heavy atom. The first-order valence-electron chi connectivity index (χ1n) is 7.74. The van der Waals surface area contributed by atoms with Gasteiger partial charge >= 0.3 is 5.97 Å². The minimum Gasteiger partial charge on any atom is -0.481 e. The van der Waals surface area contributed by atoms with Crippen LogP contribution in [-0.4, -0.2) is 39.3 Å². The molecule has 2 aliphatic rings. The molecule has 4 rings (SSSR count). The number of hydrogen-bond donors (Lipinski definition) is 2. The van der Waals surface area contributed by atoms with E-state index in [1.807, 2.05) is 18.2 Å². The van der Waals surface area contributed by atoms with Gasteiger partial charge in [0.05, 0.1) is 12.5 Å². The van der Waals surface area contributed by atoms with E-state index in [0.29, 0.717) is 24.9 Å². The maximum atomic E-state index is 11.4. The average molecular weight is 301 g/mol. The van der Waals surface area contributed by atoms with Crippen LogP contribution in [0.3, 0.4) is 0 Å². The molecular weight excluding hydrogens is 282 g/mol. The maximum Gasteiger partial charge on any atom is 0.308 e. The smallest absolute Gasteiger partial charge is 0.308 e. The normalized spacial score (nSPS) is 25.6. The number of aliphatic carboxylic acids is 1. The fourth-order valence-electron chi connectivity index (χ4n) is 3.53. The lowest BCUT2D eigenvalue weighted by Gasteiger charge is -2.13. The minimum absolute atomic E-state index is 0.227. The second-order valence-electron chi connectivity index (χ2n) is 6.38. The second kappa shape index (κ2) is 5.28. The van der Waals surface area contributed by atoms with Crippen molar-refractivity contribution in [1.82, 2.24) is 15.1 Å². The summed E-state index contributed by atoms with van der Waals surface area (Å²) in [6.45, 7) is 2.15. The molecule has 2 atom stereocenters. The molecule has 1 aliphatic carbocycles. The molecule has 0 spiro atoms. The van der Waals surface area contributed by atoms with Gasteiger partial charge in [-0.25, -0.2) is 0 Å². The Bertz CT molecular complexity index is 660. The van der Waals surface area contributed by atoms with Crippen LogP contribution in [0.2, 0.25) is 0 Å². The Kier molecular flexibility index (Phi) is 3.26. The summed E-state index contributed by atoms with van der Waals surface area (Å²) in [6, 6.07) is 5.74. The zero-order chi connectivity index (χ0) is 15.1. The molecule has 2 aromatic heterocycles. The monoisotopic (exact) mass is 301 g/mol. The molecule has 2 N–H and O–H groups in total. The van der Waals surface area contributed by atoms with E-state index in [1.165, 1.54) is 12.8 Å². The maximum absolute atomic E-state index is 11.4. The third-order valence-electron chi connectivity index (χ3n) is 4.79. The van der Waals surface area contributed by atoms with Crippen LogP contribution in [0, 0.1) is 17.8 Å². The predicted octanol–water partition coefficient (Wildman–Crippen LogP) is 2.21. The van der Waals surface area contributed by atoms with Gasteiger partial charge in [0, 0.05) is 19.3 Å². The summed E-state index contributed by atoms with van der Waals surface area (Å²) in [7, 11) is 0. The lowest BCUT2D eigenvalue weighted by Crippen LogP contribution is -2.24. The van der Waals surface area contributed by atoms with Gasteiger partial charge in [0.1, 0.15) is 11.5 Å². The number of likely N-dealkylation sites (tertiary alicyclic amines) is 1. The first-order chi connectivity index (χ1) is 10.7. The predicted molar refractivity (Wildman–Crippen MR) is 78.9 cm³/mol. The zero-order valence-electron chi connectivity index (χ0n) is 12.2. The molecule has 2 aromatic rings. The van der Waals surface area contributed by atoms with Crippen molar-refractivity contribution in [3.63, 3.8) is 0 Å². The van der Waals surface area contributed by atoms with Crippen LogP contribution in [0.5, 0.6) is 0 Å². The second-order valence-corrected chi connectivity index (χ2v) is 6.38. The molecule has 22 heavy (non-hydrogen) atoms. The van der Waals surface area contributed by atoms with Gasteiger partial charge in [-0.3, -0.25) is 14.8 Å². The fourth-order valence-corrected chi connectivity index (χ4v) is 3.53. The van der Waals surface area contributed by atoms with Crippen LogP contribution in [-0.2, 0) is 11.3 Å². The lowest BCUT2D eigenvalue weighted by atomic mass is 9.92. The van der Waals surface area contributed by atoms with E-state index in [4.69, 9.17) is 4.42 Å². The Morgan fingerprint density at radius 1 is 1.36 bits per heavy atom. The van der Waals surface area contributed by atoms with Crippen molar-refractivity contribution in [2.24, 2.45) is 17.8 Å². The highest BCUT2D eigenvalue weighted by molar-refractivity contribution is 5.71. The summed E-state index contributed by atoms with van der Waals surface area (Å²) in [4.78, 5) is 13.6. The number of carboxylic acid groups (broad SMARTS) is 1. The third-order valence-corrected chi connectivity index (χ3v) is 4.79. The summed E-state index contributed by atoms with van der Waals surface area (Å²) >= 11 is 0. The van der Waals surface area contributed by atoms with Crippen molar-refractivity contribution in [3.05, 3.63) is 30.2 Å². The fraction of sp³-hybridized carbons (Fsp3) is 0.500. The van der Waals surface area contributed by atoms with E-state index in [2.05, 4.69) is 15.1 Å². The van der Waals surface area contributed by atoms with Gasteiger partial charge in [-0.1, -0.05) is 0 Å². The number of nitrogens with one attached hydrogen (secondary N) is 1. The highest BCUT2D eigenvalue weighted by atomic mass is 16.4. The molecule has 1 saturated carbocycles. The lowest BCUT2D eigenvalue weighted by molar-refractivity contribution is -0.142. The number of aromatic amines is 1. The van der Waals surface area contributed by atoms with E-state index in [1.54, 1.807) is 6.20 Å². The minimum atomic E-state index is -0.656. The summed E-state index contributed by atoms with van der Waals surface area (Å²) in [5, 5.41) is 16.2. The van der Waals surface area contributed by atoms with Crippen LogP contribution in [0.15, 0.2) is 28.8 Å². The Labute approximate surface area is 128 Å². The van der Waals surface area contributed by atoms with Gasteiger partial charge in [0.15, 0.2) is 5.76 Å². The van der Waals surface area contributed by atoms with Gasteiger partial charge in [0.25, 0.3) is 0 Å². The van der Waals surface area contributed by atoms with Crippen LogP contribution >= 0.6 is 0 Å². The van der Waals surface area contributed by atoms with Crippen molar-refractivity contribution in [3.8, 4) is 11.5 Å². The van der Waals surface area contributed by atoms with Gasteiger partial charge in [0.2, 0.25) is 0 Å².